The van der Waals surface area contributed by atoms with E-state index in [-0.39, 0.29) is 0 Å². The van der Waals surface area contributed by atoms with Crippen LogP contribution in [0.2, 0.25) is 0 Å². The highest BCUT2D eigenvalue weighted by molar-refractivity contribution is 4.96. The minimum atomic E-state index is 0.666. The van der Waals surface area contributed by atoms with Gasteiger partial charge in [0.15, 0.2) is 0 Å². The maximum Gasteiger partial charge on any atom is 0.0120 e. The molecule has 0 aliphatic carbocycles. The van der Waals surface area contributed by atoms with E-state index in [0.717, 1.165) is 18.1 Å². The molecule has 1 spiro atoms. The quantitative estimate of drug-likeness (QED) is 0.793. The first kappa shape index (κ1) is 16.7. The van der Waals surface area contributed by atoms with Gasteiger partial charge in [-0.3, -0.25) is 0 Å². The average Bonchev–Trinajstić information content (AvgIpc) is 2.92. The van der Waals surface area contributed by atoms with Crippen LogP contribution in [0.3, 0.4) is 0 Å². The first-order valence-corrected chi connectivity index (χ1v) is 9.71. The Kier molecular flexibility index (Phi) is 5.16. The van der Waals surface area contributed by atoms with E-state index < -0.39 is 0 Å². The molecule has 0 amide bonds. The van der Waals surface area contributed by atoms with Crippen molar-refractivity contribution >= 4 is 0 Å². The zero-order chi connectivity index (χ0) is 15.7. The SMILES string of the molecule is CC(C)N1CCC(N2CCC3(CCN(C(C)C)C3)CC2)CC1. The van der Waals surface area contributed by atoms with Crippen molar-refractivity contribution < 1.29 is 0 Å². The van der Waals surface area contributed by atoms with Gasteiger partial charge in [0, 0.05) is 24.7 Å². The van der Waals surface area contributed by atoms with E-state index in [0.29, 0.717) is 5.41 Å². The summed E-state index contributed by atoms with van der Waals surface area (Å²) < 4.78 is 0. The molecule has 0 saturated carbocycles. The molecule has 0 atom stereocenters. The lowest BCUT2D eigenvalue weighted by Gasteiger charge is -2.45. The molecule has 3 fully saturated rings. The summed E-state index contributed by atoms with van der Waals surface area (Å²) in [6.07, 6.45) is 7.12. The molecule has 0 aromatic rings. The summed E-state index contributed by atoms with van der Waals surface area (Å²) in [4.78, 5) is 8.19. The van der Waals surface area contributed by atoms with Crippen molar-refractivity contribution in [2.45, 2.75) is 77.9 Å². The van der Waals surface area contributed by atoms with E-state index >= 15 is 0 Å². The third-order valence-electron chi connectivity index (χ3n) is 6.80. The highest BCUT2D eigenvalue weighted by atomic mass is 15.2. The molecule has 0 N–H and O–H groups in total. The molecule has 22 heavy (non-hydrogen) atoms. The molecule has 3 nitrogen and oxygen atoms in total. The lowest BCUT2D eigenvalue weighted by Crippen LogP contribution is -2.51. The molecule has 3 heterocycles. The molecular formula is C19H37N3. The first-order valence-electron chi connectivity index (χ1n) is 9.71. The third kappa shape index (κ3) is 3.52. The normalized spacial score (nSPS) is 29.2. The number of rotatable bonds is 3. The standard InChI is InChI=1S/C19H37N3/c1-16(2)20-10-5-18(6-11-20)21-12-7-19(8-13-21)9-14-22(15-19)17(3)4/h16-18H,5-15H2,1-4H3. The van der Waals surface area contributed by atoms with E-state index in [1.165, 1.54) is 71.4 Å². The molecule has 3 aliphatic heterocycles. The van der Waals surface area contributed by atoms with Crippen LogP contribution in [0.1, 0.15) is 59.8 Å². The Balaban J connectivity index is 1.47. The van der Waals surface area contributed by atoms with Crippen molar-refractivity contribution in [1.82, 2.24) is 14.7 Å². The van der Waals surface area contributed by atoms with Gasteiger partial charge in [0.1, 0.15) is 0 Å². The topological polar surface area (TPSA) is 9.72 Å². The number of piperidine rings is 2. The summed E-state index contributed by atoms with van der Waals surface area (Å²) in [6.45, 7) is 17.4. The zero-order valence-corrected chi connectivity index (χ0v) is 15.4. The van der Waals surface area contributed by atoms with Crippen LogP contribution in [-0.2, 0) is 0 Å². The smallest absolute Gasteiger partial charge is 0.0120 e. The van der Waals surface area contributed by atoms with E-state index in [9.17, 15) is 0 Å². The Hall–Kier alpha value is -0.120. The van der Waals surface area contributed by atoms with Crippen LogP contribution in [-0.4, -0.2) is 72.1 Å². The molecule has 3 rings (SSSR count). The average molecular weight is 308 g/mol. The molecule has 128 valence electrons. The van der Waals surface area contributed by atoms with E-state index in [1.807, 2.05) is 0 Å². The zero-order valence-electron chi connectivity index (χ0n) is 15.4. The van der Waals surface area contributed by atoms with Crippen molar-refractivity contribution in [3.8, 4) is 0 Å². The second-order valence-electron chi connectivity index (χ2n) is 8.71. The summed E-state index contributed by atoms with van der Waals surface area (Å²) >= 11 is 0. The highest BCUT2D eigenvalue weighted by Crippen LogP contribution is 2.41. The molecule has 3 aliphatic rings. The van der Waals surface area contributed by atoms with Crippen LogP contribution in [0.15, 0.2) is 0 Å². The summed E-state index contributed by atoms with van der Waals surface area (Å²) in [5.74, 6) is 0. The lowest BCUT2D eigenvalue weighted by molar-refractivity contribution is 0.0390. The highest BCUT2D eigenvalue weighted by Gasteiger charge is 2.42. The Morgan fingerprint density at radius 2 is 1.27 bits per heavy atom. The van der Waals surface area contributed by atoms with Crippen molar-refractivity contribution in [3.05, 3.63) is 0 Å². The fourth-order valence-corrected chi connectivity index (χ4v) is 4.95. The second-order valence-corrected chi connectivity index (χ2v) is 8.71. The van der Waals surface area contributed by atoms with Crippen LogP contribution in [0.4, 0.5) is 0 Å². The van der Waals surface area contributed by atoms with Gasteiger partial charge < -0.3 is 14.7 Å². The Morgan fingerprint density at radius 1 is 0.727 bits per heavy atom. The van der Waals surface area contributed by atoms with Crippen LogP contribution < -0.4 is 0 Å². The second kappa shape index (κ2) is 6.78. The molecule has 3 saturated heterocycles. The van der Waals surface area contributed by atoms with E-state index in [4.69, 9.17) is 0 Å². The van der Waals surface area contributed by atoms with Gasteiger partial charge in [-0.2, -0.15) is 0 Å². The molecule has 0 radical (unpaired) electrons. The van der Waals surface area contributed by atoms with Gasteiger partial charge in [-0.15, -0.1) is 0 Å². The van der Waals surface area contributed by atoms with E-state index in [2.05, 4.69) is 42.4 Å². The Morgan fingerprint density at radius 3 is 1.77 bits per heavy atom. The lowest BCUT2D eigenvalue weighted by atomic mass is 9.77. The fraction of sp³-hybridized carbons (Fsp3) is 1.00. The fourth-order valence-electron chi connectivity index (χ4n) is 4.95. The number of likely N-dealkylation sites (tertiary alicyclic amines) is 3. The predicted molar refractivity (Wildman–Crippen MR) is 94.3 cm³/mol. The molecular weight excluding hydrogens is 270 g/mol. The van der Waals surface area contributed by atoms with Crippen molar-refractivity contribution in [2.75, 3.05) is 39.3 Å². The molecule has 3 heteroatoms. The maximum absolute atomic E-state index is 2.83. The minimum absolute atomic E-state index is 0.666. The molecule has 0 unspecified atom stereocenters. The maximum atomic E-state index is 2.83. The monoisotopic (exact) mass is 307 g/mol. The largest absolute Gasteiger partial charge is 0.301 e. The predicted octanol–water partition coefficient (Wildman–Crippen LogP) is 3.06. The van der Waals surface area contributed by atoms with Crippen molar-refractivity contribution in [2.24, 2.45) is 5.41 Å². The summed E-state index contributed by atoms with van der Waals surface area (Å²) in [6, 6.07) is 2.33. The first-order chi connectivity index (χ1) is 10.5. The van der Waals surface area contributed by atoms with Crippen molar-refractivity contribution in [3.63, 3.8) is 0 Å². The van der Waals surface area contributed by atoms with Gasteiger partial charge in [0.05, 0.1) is 0 Å². The molecule has 0 aromatic heterocycles. The van der Waals surface area contributed by atoms with Gasteiger partial charge >= 0.3 is 0 Å². The van der Waals surface area contributed by atoms with Gasteiger partial charge in [-0.1, -0.05) is 0 Å². The van der Waals surface area contributed by atoms with Gasteiger partial charge in [-0.25, -0.2) is 0 Å². The van der Waals surface area contributed by atoms with E-state index in [1.54, 1.807) is 0 Å². The molecule has 0 bridgehead atoms. The van der Waals surface area contributed by atoms with Gasteiger partial charge in [0.2, 0.25) is 0 Å². The van der Waals surface area contributed by atoms with Crippen LogP contribution in [0.25, 0.3) is 0 Å². The summed E-state index contributed by atoms with van der Waals surface area (Å²) in [5.41, 5.74) is 0.666. The number of hydrogen-bond acceptors (Lipinski definition) is 3. The molecule has 0 aromatic carbocycles. The van der Waals surface area contributed by atoms with Crippen LogP contribution in [0, 0.1) is 5.41 Å². The summed E-state index contributed by atoms with van der Waals surface area (Å²) in [5, 5.41) is 0. The van der Waals surface area contributed by atoms with Crippen LogP contribution >= 0.6 is 0 Å². The summed E-state index contributed by atoms with van der Waals surface area (Å²) in [7, 11) is 0. The van der Waals surface area contributed by atoms with Crippen LogP contribution in [0.5, 0.6) is 0 Å². The Bertz CT molecular complexity index is 350. The minimum Gasteiger partial charge on any atom is -0.301 e. The number of hydrogen-bond donors (Lipinski definition) is 0. The Labute approximate surface area is 138 Å². The van der Waals surface area contributed by atoms with Gasteiger partial charge in [-0.05, 0) is 97.9 Å². The van der Waals surface area contributed by atoms with Gasteiger partial charge in [0.25, 0.3) is 0 Å². The third-order valence-corrected chi connectivity index (χ3v) is 6.80. The van der Waals surface area contributed by atoms with Crippen molar-refractivity contribution in [1.29, 1.82) is 0 Å². The number of nitrogens with zero attached hydrogens (tertiary/aromatic N) is 3.